The van der Waals surface area contributed by atoms with Crippen molar-refractivity contribution >= 4 is 33.8 Å². The summed E-state index contributed by atoms with van der Waals surface area (Å²) in [5, 5.41) is 0. The van der Waals surface area contributed by atoms with Crippen molar-refractivity contribution in [3.05, 3.63) is 0 Å². The van der Waals surface area contributed by atoms with E-state index in [0.717, 1.165) is 4.42 Å². The number of hydrogen-bond donors (Lipinski definition) is 0. The molecule has 0 aromatic rings. The Morgan fingerprint density at radius 2 is 2.44 bits per heavy atom. The molecule has 1 amide bonds. The molecule has 1 rings (SSSR count). The van der Waals surface area contributed by atoms with Gasteiger partial charge in [0.05, 0.1) is 6.04 Å². The fourth-order valence-corrected chi connectivity index (χ4v) is 1.42. The van der Waals surface area contributed by atoms with Crippen molar-refractivity contribution in [2.75, 3.05) is 6.67 Å². The van der Waals surface area contributed by atoms with E-state index in [4.69, 9.17) is 11.8 Å². The second-order valence-electron chi connectivity index (χ2n) is 1.92. The van der Waals surface area contributed by atoms with E-state index in [1.54, 1.807) is 10.8 Å². The van der Waals surface area contributed by atoms with Gasteiger partial charge in [0.1, 0.15) is 6.67 Å². The van der Waals surface area contributed by atoms with Crippen molar-refractivity contribution in [2.24, 2.45) is 0 Å². The van der Waals surface area contributed by atoms with E-state index in [0.29, 0.717) is 6.67 Å². The molecule has 1 aliphatic rings. The second kappa shape index (κ2) is 2.44. The first-order valence-corrected chi connectivity index (χ1v) is 3.57. The molecule has 9 heavy (non-hydrogen) atoms. The topological polar surface area (TPSA) is 23.6 Å². The third-order valence-electron chi connectivity index (χ3n) is 1.28. The number of hydrogen-bond acceptors (Lipinski definition) is 2. The molecular formula is C4H6BrClN2O. The third-order valence-corrected chi connectivity index (χ3v) is 2.39. The summed E-state index contributed by atoms with van der Waals surface area (Å²) < 4.78 is 2.85. The van der Waals surface area contributed by atoms with Gasteiger partial charge in [-0.25, -0.2) is 8.34 Å². The number of carbonyl (C=O) groups is 1. The summed E-state index contributed by atoms with van der Waals surface area (Å²) in [6.07, 6.45) is 0. The van der Waals surface area contributed by atoms with Gasteiger partial charge in [0.15, 0.2) is 0 Å². The number of amides is 1. The summed E-state index contributed by atoms with van der Waals surface area (Å²) in [5.41, 5.74) is 0. The molecule has 1 fully saturated rings. The summed E-state index contributed by atoms with van der Waals surface area (Å²) in [7, 11) is 0. The monoisotopic (exact) mass is 212 g/mol. The van der Waals surface area contributed by atoms with Crippen molar-refractivity contribution in [3.63, 3.8) is 0 Å². The first-order chi connectivity index (χ1) is 4.13. The minimum Gasteiger partial charge on any atom is -0.272 e. The third kappa shape index (κ3) is 1.20. The molecule has 1 saturated heterocycles. The van der Waals surface area contributed by atoms with Crippen LogP contribution in [-0.2, 0) is 4.79 Å². The van der Waals surface area contributed by atoms with Crippen molar-refractivity contribution < 1.29 is 4.79 Å². The van der Waals surface area contributed by atoms with Crippen molar-refractivity contribution in [1.29, 1.82) is 0 Å². The molecule has 0 aromatic carbocycles. The van der Waals surface area contributed by atoms with Gasteiger partial charge in [-0.1, -0.05) is 0 Å². The number of nitrogens with zero attached hydrogens (tertiary/aromatic N) is 2. The maximum atomic E-state index is 10.8. The highest BCUT2D eigenvalue weighted by Crippen LogP contribution is 2.19. The zero-order valence-electron chi connectivity index (χ0n) is 4.84. The van der Waals surface area contributed by atoms with E-state index >= 15 is 0 Å². The summed E-state index contributed by atoms with van der Waals surface area (Å²) in [6, 6.07) is -0.137. The smallest absolute Gasteiger partial charge is 0.256 e. The van der Waals surface area contributed by atoms with Crippen LogP contribution in [0, 0.1) is 0 Å². The average molecular weight is 213 g/mol. The zero-order valence-corrected chi connectivity index (χ0v) is 7.18. The lowest BCUT2D eigenvalue weighted by atomic mass is 10.4. The molecule has 0 N–H and O–H groups in total. The van der Waals surface area contributed by atoms with Gasteiger partial charge in [-0.3, -0.25) is 4.79 Å². The molecule has 1 aliphatic heterocycles. The molecule has 0 aliphatic carbocycles. The van der Waals surface area contributed by atoms with Gasteiger partial charge in [-0.2, -0.15) is 0 Å². The van der Waals surface area contributed by atoms with Gasteiger partial charge in [0.25, 0.3) is 5.91 Å². The molecule has 1 heterocycles. The molecule has 0 radical (unpaired) electrons. The molecule has 1 unspecified atom stereocenters. The predicted molar refractivity (Wildman–Crippen MR) is 37.8 cm³/mol. The minimum atomic E-state index is -0.137. The number of carbonyl (C=O) groups excluding carboxylic acids is 1. The highest BCUT2D eigenvalue weighted by atomic mass is 79.9. The standard InChI is InChI=1S/C4H6BrClN2O/c1-3-4(9)8(6)2-7(3)5/h3H,2H2,1H3. The quantitative estimate of drug-likeness (QED) is 0.559. The van der Waals surface area contributed by atoms with Crippen molar-refractivity contribution in [1.82, 2.24) is 8.34 Å². The van der Waals surface area contributed by atoms with Crippen LogP contribution in [0.3, 0.4) is 0 Å². The average Bonchev–Trinajstić information content (AvgIpc) is 1.98. The predicted octanol–water partition coefficient (Wildman–Crippen LogP) is 0.940. The molecule has 0 bridgehead atoms. The molecule has 0 spiro atoms. The molecule has 52 valence electrons. The van der Waals surface area contributed by atoms with E-state index < -0.39 is 0 Å². The first-order valence-electron chi connectivity index (χ1n) is 2.52. The van der Waals surface area contributed by atoms with E-state index in [2.05, 4.69) is 16.1 Å². The maximum Gasteiger partial charge on any atom is 0.256 e. The van der Waals surface area contributed by atoms with Gasteiger partial charge >= 0.3 is 0 Å². The molecule has 1 atom stereocenters. The van der Waals surface area contributed by atoms with Crippen LogP contribution in [0.15, 0.2) is 0 Å². The van der Waals surface area contributed by atoms with Gasteiger partial charge in [-0.05, 0) is 6.92 Å². The number of rotatable bonds is 0. The Balaban J connectivity index is 2.65. The lowest BCUT2D eigenvalue weighted by Gasteiger charge is -2.04. The molecule has 0 saturated carbocycles. The van der Waals surface area contributed by atoms with Gasteiger partial charge in [0, 0.05) is 27.9 Å². The Morgan fingerprint density at radius 3 is 2.56 bits per heavy atom. The van der Waals surface area contributed by atoms with Crippen LogP contribution in [0.4, 0.5) is 0 Å². The normalized spacial score (nSPS) is 29.9. The Hall–Kier alpha value is 0.200. The highest BCUT2D eigenvalue weighted by molar-refractivity contribution is 9.07. The molecule has 0 aromatic heterocycles. The van der Waals surface area contributed by atoms with Crippen LogP contribution in [0.5, 0.6) is 0 Å². The van der Waals surface area contributed by atoms with Crippen LogP contribution in [0.1, 0.15) is 6.92 Å². The minimum absolute atomic E-state index is 0.0615. The zero-order chi connectivity index (χ0) is 7.02. The van der Waals surface area contributed by atoms with E-state index in [1.165, 1.54) is 0 Å². The summed E-state index contributed by atoms with van der Waals surface area (Å²) in [4.78, 5) is 10.8. The first kappa shape index (κ1) is 7.31. The Bertz CT molecular complexity index is 143. The Labute approximate surface area is 67.0 Å². The van der Waals surface area contributed by atoms with Gasteiger partial charge < -0.3 is 0 Å². The van der Waals surface area contributed by atoms with Crippen molar-refractivity contribution in [3.8, 4) is 0 Å². The van der Waals surface area contributed by atoms with Crippen LogP contribution < -0.4 is 0 Å². The molecule has 3 nitrogen and oxygen atoms in total. The largest absolute Gasteiger partial charge is 0.272 e. The highest BCUT2D eigenvalue weighted by Gasteiger charge is 2.32. The second-order valence-corrected chi connectivity index (χ2v) is 3.24. The lowest BCUT2D eigenvalue weighted by molar-refractivity contribution is -0.124. The summed E-state index contributed by atoms with van der Waals surface area (Å²) >= 11 is 8.64. The lowest BCUT2D eigenvalue weighted by Crippen LogP contribution is -2.22. The number of halogens is 2. The summed E-state index contributed by atoms with van der Waals surface area (Å²) in [6.45, 7) is 2.24. The van der Waals surface area contributed by atoms with Gasteiger partial charge in [0.2, 0.25) is 0 Å². The van der Waals surface area contributed by atoms with E-state index in [1.807, 2.05) is 0 Å². The maximum absolute atomic E-state index is 10.8. The fourth-order valence-electron chi connectivity index (χ4n) is 0.633. The SMILES string of the molecule is CC1C(=O)N(Cl)CN1Br. The van der Waals surface area contributed by atoms with Crippen LogP contribution in [0.25, 0.3) is 0 Å². The van der Waals surface area contributed by atoms with Crippen LogP contribution in [0.2, 0.25) is 0 Å². The van der Waals surface area contributed by atoms with Crippen LogP contribution in [-0.4, -0.2) is 27.0 Å². The van der Waals surface area contributed by atoms with Crippen LogP contribution >= 0.6 is 27.9 Å². The molecular weight excluding hydrogens is 207 g/mol. The summed E-state index contributed by atoms with van der Waals surface area (Å²) in [5.74, 6) is -0.0615. The Morgan fingerprint density at radius 1 is 1.89 bits per heavy atom. The fraction of sp³-hybridized carbons (Fsp3) is 0.750. The van der Waals surface area contributed by atoms with E-state index in [9.17, 15) is 4.79 Å². The molecule has 5 heteroatoms. The van der Waals surface area contributed by atoms with Crippen molar-refractivity contribution in [2.45, 2.75) is 13.0 Å². The van der Waals surface area contributed by atoms with Gasteiger partial charge in [-0.15, -0.1) is 0 Å². The Kier molecular flexibility index (Phi) is 1.98. The van der Waals surface area contributed by atoms with E-state index in [-0.39, 0.29) is 11.9 Å².